The van der Waals surface area contributed by atoms with E-state index in [9.17, 15) is 4.79 Å². The SMILES string of the molecule is CCC(NC(=O)Nc1cc(Cl)c2cc[nH]c2c1)c1ccncc1. The molecule has 0 fully saturated rings. The van der Waals surface area contributed by atoms with Gasteiger partial charge in [-0.1, -0.05) is 18.5 Å². The van der Waals surface area contributed by atoms with Crippen molar-refractivity contribution in [1.82, 2.24) is 15.3 Å². The van der Waals surface area contributed by atoms with Crippen LogP contribution in [0.1, 0.15) is 24.9 Å². The number of amides is 2. The Hall–Kier alpha value is -2.53. The Labute approximate surface area is 139 Å². The Morgan fingerprint density at radius 3 is 2.83 bits per heavy atom. The minimum atomic E-state index is -0.268. The molecule has 0 bridgehead atoms. The largest absolute Gasteiger partial charge is 0.361 e. The van der Waals surface area contributed by atoms with Crippen molar-refractivity contribution < 1.29 is 4.79 Å². The molecule has 1 unspecified atom stereocenters. The van der Waals surface area contributed by atoms with Gasteiger partial charge < -0.3 is 15.6 Å². The topological polar surface area (TPSA) is 69.8 Å². The quantitative estimate of drug-likeness (QED) is 0.660. The van der Waals surface area contributed by atoms with Crippen LogP contribution in [0.15, 0.2) is 48.9 Å². The Morgan fingerprint density at radius 1 is 1.30 bits per heavy atom. The number of urea groups is 1. The highest BCUT2D eigenvalue weighted by Crippen LogP contribution is 2.27. The molecular formula is C17H17ClN4O. The summed E-state index contributed by atoms with van der Waals surface area (Å²) in [5, 5.41) is 7.32. The van der Waals surface area contributed by atoms with Crippen molar-refractivity contribution >= 4 is 34.2 Å². The molecule has 1 atom stereocenters. The molecule has 1 aromatic carbocycles. The summed E-state index contributed by atoms with van der Waals surface area (Å²) in [4.78, 5) is 19.3. The molecule has 6 heteroatoms. The maximum Gasteiger partial charge on any atom is 0.319 e. The Kier molecular flexibility index (Phi) is 4.48. The molecule has 0 spiro atoms. The van der Waals surface area contributed by atoms with Crippen LogP contribution in [0.4, 0.5) is 10.5 Å². The maximum atomic E-state index is 12.2. The lowest BCUT2D eigenvalue weighted by Crippen LogP contribution is -2.32. The summed E-state index contributed by atoms with van der Waals surface area (Å²) in [6.45, 7) is 2.02. The number of anilines is 1. The van der Waals surface area contributed by atoms with Gasteiger partial charge >= 0.3 is 6.03 Å². The number of carbonyl (C=O) groups is 1. The van der Waals surface area contributed by atoms with Crippen LogP contribution in [0, 0.1) is 0 Å². The number of benzene rings is 1. The van der Waals surface area contributed by atoms with Gasteiger partial charge in [0.2, 0.25) is 0 Å². The molecular weight excluding hydrogens is 312 g/mol. The molecule has 23 heavy (non-hydrogen) atoms. The average Bonchev–Trinajstić information content (AvgIpc) is 3.02. The van der Waals surface area contributed by atoms with Crippen LogP contribution in [-0.2, 0) is 0 Å². The molecule has 5 nitrogen and oxygen atoms in total. The highest BCUT2D eigenvalue weighted by molar-refractivity contribution is 6.35. The first kappa shape index (κ1) is 15.4. The van der Waals surface area contributed by atoms with Gasteiger partial charge in [0, 0.05) is 35.2 Å². The molecule has 0 aliphatic carbocycles. The zero-order chi connectivity index (χ0) is 16.2. The van der Waals surface area contributed by atoms with Crippen molar-refractivity contribution in [3.05, 3.63) is 59.5 Å². The van der Waals surface area contributed by atoms with Gasteiger partial charge in [0.15, 0.2) is 0 Å². The van der Waals surface area contributed by atoms with E-state index in [2.05, 4.69) is 20.6 Å². The van der Waals surface area contributed by atoms with E-state index in [1.165, 1.54) is 0 Å². The predicted octanol–water partition coefficient (Wildman–Crippen LogP) is 4.49. The number of nitrogens with zero attached hydrogens (tertiary/aromatic N) is 1. The van der Waals surface area contributed by atoms with E-state index in [1.807, 2.05) is 37.4 Å². The fourth-order valence-electron chi connectivity index (χ4n) is 2.54. The number of H-pyrrole nitrogens is 1. The van der Waals surface area contributed by atoms with Gasteiger partial charge in [-0.05, 0) is 42.3 Å². The Morgan fingerprint density at radius 2 is 2.09 bits per heavy atom. The third-order valence-corrected chi connectivity index (χ3v) is 4.01. The number of hydrogen-bond donors (Lipinski definition) is 3. The second-order valence-electron chi connectivity index (χ2n) is 5.24. The average molecular weight is 329 g/mol. The van der Waals surface area contributed by atoms with Crippen molar-refractivity contribution in [2.24, 2.45) is 0 Å². The molecule has 0 aliphatic rings. The van der Waals surface area contributed by atoms with Gasteiger partial charge in [0.05, 0.1) is 11.1 Å². The molecule has 3 rings (SSSR count). The molecule has 3 N–H and O–H groups in total. The lowest BCUT2D eigenvalue weighted by molar-refractivity contribution is 0.248. The molecule has 118 valence electrons. The van der Waals surface area contributed by atoms with Crippen LogP contribution in [0.2, 0.25) is 5.02 Å². The number of carbonyl (C=O) groups excluding carboxylic acids is 1. The second kappa shape index (κ2) is 6.71. The second-order valence-corrected chi connectivity index (χ2v) is 5.64. The standard InChI is InChI=1S/C17H17ClN4O/c1-2-15(11-3-6-19-7-4-11)22-17(23)21-12-9-14(18)13-5-8-20-16(13)10-12/h3-10,15,20H,2H2,1H3,(H2,21,22,23). The van der Waals surface area contributed by atoms with Crippen LogP contribution in [0.25, 0.3) is 10.9 Å². The minimum Gasteiger partial charge on any atom is -0.361 e. The fraction of sp³-hybridized carbons (Fsp3) is 0.176. The molecule has 0 saturated carbocycles. The normalized spacial score (nSPS) is 12.1. The van der Waals surface area contributed by atoms with E-state index < -0.39 is 0 Å². The number of rotatable bonds is 4. The number of aromatic nitrogens is 2. The van der Waals surface area contributed by atoms with Crippen molar-refractivity contribution in [2.75, 3.05) is 5.32 Å². The van der Waals surface area contributed by atoms with E-state index in [1.54, 1.807) is 18.5 Å². The third-order valence-electron chi connectivity index (χ3n) is 3.70. The van der Waals surface area contributed by atoms with Crippen LogP contribution in [0.3, 0.4) is 0 Å². The number of nitrogens with one attached hydrogen (secondary N) is 3. The minimum absolute atomic E-state index is 0.0670. The summed E-state index contributed by atoms with van der Waals surface area (Å²) in [7, 11) is 0. The van der Waals surface area contributed by atoms with E-state index in [0.29, 0.717) is 10.7 Å². The summed E-state index contributed by atoms with van der Waals surface area (Å²) in [6, 6.07) is 8.96. The van der Waals surface area contributed by atoms with E-state index in [-0.39, 0.29) is 12.1 Å². The summed E-state index contributed by atoms with van der Waals surface area (Å²) in [5.74, 6) is 0. The summed E-state index contributed by atoms with van der Waals surface area (Å²) >= 11 is 6.22. The van der Waals surface area contributed by atoms with E-state index >= 15 is 0 Å². The van der Waals surface area contributed by atoms with Gasteiger partial charge in [-0.25, -0.2) is 4.79 Å². The first-order valence-electron chi connectivity index (χ1n) is 7.41. The van der Waals surface area contributed by atoms with Crippen molar-refractivity contribution in [1.29, 1.82) is 0 Å². The third kappa shape index (κ3) is 3.46. The van der Waals surface area contributed by atoms with Gasteiger partial charge in [-0.15, -0.1) is 0 Å². The van der Waals surface area contributed by atoms with Gasteiger partial charge in [0.1, 0.15) is 0 Å². The molecule has 2 heterocycles. The molecule has 3 aromatic rings. The molecule has 2 aromatic heterocycles. The fourth-order valence-corrected chi connectivity index (χ4v) is 2.82. The number of pyridine rings is 1. The number of fused-ring (bicyclic) bond motifs is 1. The number of hydrogen-bond acceptors (Lipinski definition) is 2. The Balaban J connectivity index is 1.72. The monoisotopic (exact) mass is 328 g/mol. The zero-order valence-electron chi connectivity index (χ0n) is 12.6. The summed E-state index contributed by atoms with van der Waals surface area (Å²) in [6.07, 6.45) is 6.04. The number of halogens is 1. The maximum absolute atomic E-state index is 12.2. The zero-order valence-corrected chi connectivity index (χ0v) is 13.4. The highest BCUT2D eigenvalue weighted by atomic mass is 35.5. The summed E-state index contributed by atoms with van der Waals surface area (Å²) < 4.78 is 0. The Bertz CT molecular complexity index is 816. The van der Waals surface area contributed by atoms with Gasteiger partial charge in [-0.2, -0.15) is 0 Å². The van der Waals surface area contributed by atoms with Crippen LogP contribution >= 0.6 is 11.6 Å². The summed E-state index contributed by atoms with van der Waals surface area (Å²) in [5.41, 5.74) is 2.55. The van der Waals surface area contributed by atoms with Gasteiger partial charge in [-0.3, -0.25) is 4.98 Å². The number of aromatic amines is 1. The first-order chi connectivity index (χ1) is 11.2. The molecule has 0 saturated heterocycles. The van der Waals surface area contributed by atoms with Crippen molar-refractivity contribution in [3.8, 4) is 0 Å². The smallest absolute Gasteiger partial charge is 0.319 e. The van der Waals surface area contributed by atoms with E-state index in [0.717, 1.165) is 22.9 Å². The lowest BCUT2D eigenvalue weighted by atomic mass is 10.1. The van der Waals surface area contributed by atoms with Crippen LogP contribution < -0.4 is 10.6 Å². The van der Waals surface area contributed by atoms with Crippen molar-refractivity contribution in [3.63, 3.8) is 0 Å². The predicted molar refractivity (Wildman–Crippen MR) is 92.7 cm³/mol. The lowest BCUT2D eigenvalue weighted by Gasteiger charge is -2.18. The first-order valence-corrected chi connectivity index (χ1v) is 7.79. The van der Waals surface area contributed by atoms with Crippen molar-refractivity contribution in [2.45, 2.75) is 19.4 Å². The van der Waals surface area contributed by atoms with Crippen LogP contribution in [-0.4, -0.2) is 16.0 Å². The molecule has 0 radical (unpaired) electrons. The van der Waals surface area contributed by atoms with Gasteiger partial charge in [0.25, 0.3) is 0 Å². The highest BCUT2D eigenvalue weighted by Gasteiger charge is 2.13. The van der Waals surface area contributed by atoms with E-state index in [4.69, 9.17) is 11.6 Å². The molecule has 0 aliphatic heterocycles. The molecule has 2 amide bonds. The van der Waals surface area contributed by atoms with Crippen LogP contribution in [0.5, 0.6) is 0 Å².